The van der Waals surface area contributed by atoms with E-state index >= 15 is 0 Å². The van der Waals surface area contributed by atoms with Gasteiger partial charge in [0, 0.05) is 0 Å². The summed E-state index contributed by atoms with van der Waals surface area (Å²) in [6, 6.07) is 9.23. The Labute approximate surface area is 81.9 Å². The van der Waals surface area contributed by atoms with Crippen molar-refractivity contribution in [1.29, 1.82) is 0 Å². The summed E-state index contributed by atoms with van der Waals surface area (Å²) in [4.78, 5) is 20.3. The molecule has 0 heterocycles. The highest BCUT2D eigenvalue weighted by atomic mass is 16.5. The molecule has 0 bridgehead atoms. The van der Waals surface area contributed by atoms with E-state index in [2.05, 4.69) is 5.32 Å². The predicted molar refractivity (Wildman–Crippen MR) is 50.4 cm³/mol. The first-order chi connectivity index (χ1) is 6.88. The number of ether oxygens (including phenoxy) is 1. The minimum Gasteiger partial charge on any atom is -0.458 e. The summed E-state index contributed by atoms with van der Waals surface area (Å²) < 4.78 is 4.83. The first kappa shape index (κ1) is 10.2. The summed E-state index contributed by atoms with van der Waals surface area (Å²) in [5.41, 5.74) is 0.856. The Hall–Kier alpha value is -1.84. The Morgan fingerprint density at radius 1 is 1.29 bits per heavy atom. The molecule has 0 aliphatic carbocycles. The molecule has 4 heteroatoms. The van der Waals surface area contributed by atoms with E-state index in [1.807, 2.05) is 30.3 Å². The topological polar surface area (TPSA) is 55.4 Å². The highest BCUT2D eigenvalue weighted by Gasteiger charge is 2.10. The molecule has 0 saturated carbocycles. The molecule has 0 aliphatic rings. The van der Waals surface area contributed by atoms with Crippen molar-refractivity contribution in [1.82, 2.24) is 5.32 Å². The van der Waals surface area contributed by atoms with Crippen LogP contribution in [0.15, 0.2) is 30.3 Å². The summed E-state index contributed by atoms with van der Waals surface area (Å²) in [7, 11) is 0. The van der Waals surface area contributed by atoms with Crippen LogP contribution in [0.1, 0.15) is 11.7 Å². The molecule has 14 heavy (non-hydrogen) atoms. The zero-order valence-corrected chi connectivity index (χ0v) is 7.55. The molecule has 74 valence electrons. The number of carbonyl (C=O) groups excluding carboxylic acids is 2. The normalized spacial score (nSPS) is 11.4. The highest BCUT2D eigenvalue weighted by Crippen LogP contribution is 2.14. The molecule has 0 radical (unpaired) electrons. The molecule has 0 aromatic heterocycles. The molecular weight excluding hydrogens is 182 g/mol. The van der Waals surface area contributed by atoms with Gasteiger partial charge in [-0.25, -0.2) is 0 Å². The molecule has 1 rings (SSSR count). The van der Waals surface area contributed by atoms with Gasteiger partial charge in [-0.1, -0.05) is 30.3 Å². The zero-order valence-electron chi connectivity index (χ0n) is 7.55. The Morgan fingerprint density at radius 2 is 2.00 bits per heavy atom. The smallest absolute Gasteiger partial charge is 0.293 e. The van der Waals surface area contributed by atoms with Crippen molar-refractivity contribution in [2.45, 2.75) is 6.10 Å². The van der Waals surface area contributed by atoms with Gasteiger partial charge in [-0.3, -0.25) is 9.59 Å². The van der Waals surface area contributed by atoms with E-state index < -0.39 is 6.10 Å². The minimum absolute atomic E-state index is 0.284. The molecule has 0 fully saturated rings. The van der Waals surface area contributed by atoms with Crippen molar-refractivity contribution in [3.05, 3.63) is 35.9 Å². The van der Waals surface area contributed by atoms with Crippen LogP contribution in [-0.2, 0) is 14.3 Å². The standard InChI is InChI=1S/C10H11NO3/c12-7-11-6-10(14-8-13)9-4-2-1-3-5-9/h1-5,7-8,10H,6H2,(H,11,12)/t10-/m1/s1. The number of nitrogens with one attached hydrogen (secondary N) is 1. The van der Waals surface area contributed by atoms with Crippen molar-refractivity contribution < 1.29 is 14.3 Å². The second-order valence-electron chi connectivity index (χ2n) is 2.66. The van der Waals surface area contributed by atoms with E-state index in [-0.39, 0.29) is 6.54 Å². The average Bonchev–Trinajstić information content (AvgIpc) is 2.25. The molecular formula is C10H11NO3. The second-order valence-corrected chi connectivity index (χ2v) is 2.66. The molecule has 0 spiro atoms. The van der Waals surface area contributed by atoms with Crippen LogP contribution in [0.3, 0.4) is 0 Å². The number of carbonyl (C=O) groups is 2. The first-order valence-electron chi connectivity index (χ1n) is 4.19. The molecule has 1 amide bonds. The van der Waals surface area contributed by atoms with Gasteiger partial charge in [0.15, 0.2) is 0 Å². The summed E-state index contributed by atoms with van der Waals surface area (Å²) in [5.74, 6) is 0. The van der Waals surface area contributed by atoms with Gasteiger partial charge < -0.3 is 10.1 Å². The summed E-state index contributed by atoms with van der Waals surface area (Å²) in [6.07, 6.45) is 0.156. The lowest BCUT2D eigenvalue weighted by Gasteiger charge is -2.14. The van der Waals surface area contributed by atoms with Gasteiger partial charge in [0.2, 0.25) is 6.41 Å². The van der Waals surface area contributed by atoms with E-state index in [0.717, 1.165) is 5.56 Å². The Morgan fingerprint density at radius 3 is 2.57 bits per heavy atom. The van der Waals surface area contributed by atoms with E-state index in [1.165, 1.54) is 0 Å². The third kappa shape index (κ3) is 2.90. The molecule has 1 aromatic carbocycles. The van der Waals surface area contributed by atoms with Crippen LogP contribution in [0.4, 0.5) is 0 Å². The fraction of sp³-hybridized carbons (Fsp3) is 0.200. The number of hydrogen-bond donors (Lipinski definition) is 1. The summed E-state index contributed by atoms with van der Waals surface area (Å²) in [6.45, 7) is 0.663. The van der Waals surface area contributed by atoms with Gasteiger partial charge in [-0.2, -0.15) is 0 Å². The van der Waals surface area contributed by atoms with Crippen LogP contribution < -0.4 is 5.32 Å². The lowest BCUT2D eigenvalue weighted by atomic mass is 10.1. The maximum Gasteiger partial charge on any atom is 0.293 e. The molecule has 4 nitrogen and oxygen atoms in total. The lowest BCUT2D eigenvalue weighted by molar-refractivity contribution is -0.134. The SMILES string of the molecule is O=CNC[C@@H](OC=O)c1ccccc1. The van der Waals surface area contributed by atoms with Gasteiger partial charge in [0.25, 0.3) is 6.47 Å². The number of benzene rings is 1. The van der Waals surface area contributed by atoms with Gasteiger partial charge in [0.05, 0.1) is 6.54 Å². The first-order valence-corrected chi connectivity index (χ1v) is 4.19. The third-order valence-corrected chi connectivity index (χ3v) is 1.78. The molecule has 1 aromatic rings. The Balaban J connectivity index is 2.66. The summed E-state index contributed by atoms with van der Waals surface area (Å²) >= 11 is 0. The van der Waals surface area contributed by atoms with Crippen molar-refractivity contribution >= 4 is 12.9 Å². The zero-order chi connectivity index (χ0) is 10.2. The monoisotopic (exact) mass is 193 g/mol. The molecule has 1 N–H and O–H groups in total. The largest absolute Gasteiger partial charge is 0.458 e. The van der Waals surface area contributed by atoms with Crippen LogP contribution in [0.5, 0.6) is 0 Å². The molecule has 1 atom stereocenters. The Kier molecular flexibility index (Phi) is 4.20. The molecule has 0 aliphatic heterocycles. The summed E-state index contributed by atoms with van der Waals surface area (Å²) in [5, 5.41) is 2.47. The Bertz CT molecular complexity index is 287. The number of hydrogen-bond acceptors (Lipinski definition) is 3. The van der Waals surface area contributed by atoms with E-state index in [9.17, 15) is 9.59 Å². The fourth-order valence-electron chi connectivity index (χ4n) is 1.13. The highest BCUT2D eigenvalue weighted by molar-refractivity contribution is 5.46. The number of rotatable bonds is 6. The second kappa shape index (κ2) is 5.75. The van der Waals surface area contributed by atoms with Crippen LogP contribution in [0.25, 0.3) is 0 Å². The lowest BCUT2D eigenvalue weighted by Crippen LogP contribution is -2.21. The maximum absolute atomic E-state index is 10.2. The van der Waals surface area contributed by atoms with Gasteiger partial charge in [0.1, 0.15) is 6.10 Å². The van der Waals surface area contributed by atoms with Crippen molar-refractivity contribution in [3.8, 4) is 0 Å². The number of amides is 1. The van der Waals surface area contributed by atoms with Crippen LogP contribution in [-0.4, -0.2) is 19.4 Å². The van der Waals surface area contributed by atoms with Crippen LogP contribution in [0, 0.1) is 0 Å². The van der Waals surface area contributed by atoms with E-state index in [1.54, 1.807) is 0 Å². The van der Waals surface area contributed by atoms with Gasteiger partial charge in [-0.05, 0) is 5.56 Å². The van der Waals surface area contributed by atoms with Crippen LogP contribution >= 0.6 is 0 Å². The van der Waals surface area contributed by atoms with Gasteiger partial charge >= 0.3 is 0 Å². The average molecular weight is 193 g/mol. The van der Waals surface area contributed by atoms with E-state index in [0.29, 0.717) is 12.9 Å². The molecule has 0 unspecified atom stereocenters. The molecule has 0 saturated heterocycles. The van der Waals surface area contributed by atoms with Crippen molar-refractivity contribution in [3.63, 3.8) is 0 Å². The minimum atomic E-state index is -0.418. The quantitative estimate of drug-likeness (QED) is 0.675. The maximum atomic E-state index is 10.2. The van der Waals surface area contributed by atoms with E-state index in [4.69, 9.17) is 4.74 Å². The third-order valence-electron chi connectivity index (χ3n) is 1.78. The van der Waals surface area contributed by atoms with Crippen LogP contribution in [0.2, 0.25) is 0 Å². The van der Waals surface area contributed by atoms with Crippen molar-refractivity contribution in [2.75, 3.05) is 6.54 Å². The van der Waals surface area contributed by atoms with Gasteiger partial charge in [-0.15, -0.1) is 0 Å². The van der Waals surface area contributed by atoms with Crippen molar-refractivity contribution in [2.24, 2.45) is 0 Å². The fourth-order valence-corrected chi connectivity index (χ4v) is 1.13. The predicted octanol–water partition coefficient (Wildman–Crippen LogP) is 0.647.